The number of hydrogen-bond donors (Lipinski definition) is 0. The number of benzene rings is 1. The van der Waals surface area contributed by atoms with Crippen molar-refractivity contribution in [3.05, 3.63) is 34.4 Å². The fraction of sp³-hybridized carbons (Fsp3) is 0.167. The van der Waals surface area contributed by atoms with Crippen LogP contribution in [0.15, 0.2) is 23.2 Å². The molecule has 0 bridgehead atoms. The monoisotopic (exact) mass is 252 g/mol. The number of methoxy groups -OCH3 is 2. The van der Waals surface area contributed by atoms with E-state index in [1.807, 2.05) is 0 Å². The smallest absolute Gasteiger partial charge is 0.209 e. The van der Waals surface area contributed by atoms with Gasteiger partial charge in [-0.2, -0.15) is 0 Å². The summed E-state index contributed by atoms with van der Waals surface area (Å²) in [7, 11) is 2.85. The third-order valence-corrected chi connectivity index (χ3v) is 2.80. The molecule has 0 heterocycles. The number of hydrogen-bond acceptors (Lipinski definition) is 4. The molecule has 4 nitrogen and oxygen atoms in total. The maximum Gasteiger partial charge on any atom is 0.209 e. The van der Waals surface area contributed by atoms with Crippen LogP contribution in [0.4, 0.5) is 0 Å². The van der Waals surface area contributed by atoms with E-state index in [0.29, 0.717) is 11.5 Å². The number of ether oxygens (including phenoxy) is 2. The predicted octanol–water partition coefficient (Wildman–Crippen LogP) is 2.21. The molecule has 88 valence electrons. The van der Waals surface area contributed by atoms with Gasteiger partial charge in [-0.05, 0) is 12.1 Å². The number of Topliss-reactive ketones (excluding diaryl/α,β-unsaturated/α-hetero) is 1. The number of carbonyl (C=O) groups excluding carboxylic acids is 2. The Morgan fingerprint density at radius 3 is 2.06 bits per heavy atom. The second-order valence-electron chi connectivity index (χ2n) is 3.41. The van der Waals surface area contributed by atoms with Crippen LogP contribution in [0, 0.1) is 0 Å². The standard InChI is InChI=1S/C12H9ClO4/c1-16-8-3-4-9(17-2)11-10(8)7(14)5-6(13)12(11)15/h3-5H,1-2H3. The van der Waals surface area contributed by atoms with Crippen molar-refractivity contribution < 1.29 is 19.1 Å². The number of carbonyl (C=O) groups is 2. The molecule has 0 amide bonds. The molecule has 0 atom stereocenters. The summed E-state index contributed by atoms with van der Waals surface area (Å²) in [5.74, 6) is -0.151. The van der Waals surface area contributed by atoms with Crippen LogP contribution in [-0.4, -0.2) is 25.8 Å². The molecule has 0 fully saturated rings. The number of fused-ring (bicyclic) bond motifs is 1. The lowest BCUT2D eigenvalue weighted by Gasteiger charge is -2.17. The van der Waals surface area contributed by atoms with Gasteiger partial charge in [-0.25, -0.2) is 0 Å². The zero-order valence-electron chi connectivity index (χ0n) is 9.24. The summed E-state index contributed by atoms with van der Waals surface area (Å²) in [6.45, 7) is 0. The van der Waals surface area contributed by atoms with Crippen molar-refractivity contribution in [2.24, 2.45) is 0 Å². The first-order chi connectivity index (χ1) is 8.10. The zero-order chi connectivity index (χ0) is 12.6. The van der Waals surface area contributed by atoms with Gasteiger partial charge in [0, 0.05) is 6.08 Å². The van der Waals surface area contributed by atoms with Gasteiger partial charge in [-0.3, -0.25) is 9.59 Å². The first kappa shape index (κ1) is 11.7. The Balaban J connectivity index is 2.78. The minimum absolute atomic E-state index is 0.117. The molecule has 0 N–H and O–H groups in total. The molecule has 1 aliphatic carbocycles. The topological polar surface area (TPSA) is 52.6 Å². The molecule has 0 spiro atoms. The summed E-state index contributed by atoms with van der Waals surface area (Å²) >= 11 is 5.71. The van der Waals surface area contributed by atoms with Crippen molar-refractivity contribution in [2.45, 2.75) is 0 Å². The highest BCUT2D eigenvalue weighted by Crippen LogP contribution is 2.36. The summed E-state index contributed by atoms with van der Waals surface area (Å²) < 4.78 is 10.1. The molecule has 0 saturated heterocycles. The van der Waals surface area contributed by atoms with Gasteiger partial charge >= 0.3 is 0 Å². The van der Waals surface area contributed by atoms with E-state index in [2.05, 4.69) is 0 Å². The molecular formula is C12H9ClO4. The Bertz CT molecular complexity index is 546. The van der Waals surface area contributed by atoms with Crippen LogP contribution in [0.3, 0.4) is 0 Å². The minimum atomic E-state index is -0.433. The largest absolute Gasteiger partial charge is 0.496 e. The average molecular weight is 253 g/mol. The van der Waals surface area contributed by atoms with Gasteiger partial charge in [0.05, 0.1) is 30.4 Å². The Labute approximate surface area is 103 Å². The third-order valence-electron chi connectivity index (χ3n) is 2.52. The number of halogens is 1. The van der Waals surface area contributed by atoms with E-state index in [1.54, 1.807) is 12.1 Å². The predicted molar refractivity (Wildman–Crippen MR) is 62.1 cm³/mol. The SMILES string of the molecule is COc1ccc(OC)c2c1C(=O)C=C(Cl)C2=O. The molecule has 0 saturated carbocycles. The highest BCUT2D eigenvalue weighted by atomic mass is 35.5. The Kier molecular flexibility index (Phi) is 2.90. The van der Waals surface area contributed by atoms with Crippen LogP contribution in [0.2, 0.25) is 0 Å². The van der Waals surface area contributed by atoms with Crippen molar-refractivity contribution in [2.75, 3.05) is 14.2 Å². The van der Waals surface area contributed by atoms with E-state index in [1.165, 1.54) is 14.2 Å². The van der Waals surface area contributed by atoms with Crippen molar-refractivity contribution in [1.29, 1.82) is 0 Å². The highest BCUT2D eigenvalue weighted by molar-refractivity contribution is 6.49. The number of allylic oxidation sites excluding steroid dienone is 2. The van der Waals surface area contributed by atoms with Gasteiger partial charge in [0.2, 0.25) is 5.78 Å². The van der Waals surface area contributed by atoms with Crippen LogP contribution < -0.4 is 9.47 Å². The maximum absolute atomic E-state index is 11.9. The lowest BCUT2D eigenvalue weighted by atomic mass is 9.93. The maximum atomic E-state index is 11.9. The van der Waals surface area contributed by atoms with E-state index in [9.17, 15) is 9.59 Å². The fourth-order valence-corrected chi connectivity index (χ4v) is 1.94. The second kappa shape index (κ2) is 4.22. The molecule has 0 aliphatic heterocycles. The molecule has 0 aromatic heterocycles. The highest BCUT2D eigenvalue weighted by Gasteiger charge is 2.31. The van der Waals surface area contributed by atoms with Crippen LogP contribution >= 0.6 is 11.6 Å². The van der Waals surface area contributed by atoms with E-state index in [-0.39, 0.29) is 21.9 Å². The molecule has 0 radical (unpaired) electrons. The third kappa shape index (κ3) is 1.70. The minimum Gasteiger partial charge on any atom is -0.496 e. The van der Waals surface area contributed by atoms with E-state index >= 15 is 0 Å². The van der Waals surface area contributed by atoms with Crippen LogP contribution in [0.5, 0.6) is 11.5 Å². The zero-order valence-corrected chi connectivity index (χ0v) is 10.00. The molecule has 1 aromatic rings. The lowest BCUT2D eigenvalue weighted by molar-refractivity contribution is 0.0985. The first-order valence-electron chi connectivity index (χ1n) is 4.81. The Morgan fingerprint density at radius 1 is 1.00 bits per heavy atom. The Hall–Kier alpha value is -1.81. The van der Waals surface area contributed by atoms with Crippen molar-refractivity contribution in [1.82, 2.24) is 0 Å². The van der Waals surface area contributed by atoms with E-state index in [4.69, 9.17) is 21.1 Å². The Morgan fingerprint density at radius 2 is 1.53 bits per heavy atom. The second-order valence-corrected chi connectivity index (χ2v) is 3.81. The normalized spacial score (nSPS) is 14.2. The molecule has 0 unspecified atom stereocenters. The van der Waals surface area contributed by atoms with Crippen LogP contribution in [-0.2, 0) is 0 Å². The van der Waals surface area contributed by atoms with Gasteiger partial charge in [0.15, 0.2) is 5.78 Å². The molecule has 2 rings (SSSR count). The summed E-state index contributed by atoms with van der Waals surface area (Å²) in [6.07, 6.45) is 1.09. The van der Waals surface area contributed by atoms with Crippen molar-refractivity contribution >= 4 is 23.2 Å². The van der Waals surface area contributed by atoms with Gasteiger partial charge in [0.1, 0.15) is 11.5 Å². The summed E-state index contributed by atoms with van der Waals surface area (Å²) in [5, 5.41) is -0.117. The van der Waals surface area contributed by atoms with Gasteiger partial charge in [-0.15, -0.1) is 0 Å². The average Bonchev–Trinajstić information content (AvgIpc) is 2.34. The summed E-state index contributed by atoms with van der Waals surface area (Å²) in [6, 6.07) is 3.15. The van der Waals surface area contributed by atoms with Gasteiger partial charge < -0.3 is 9.47 Å². The quantitative estimate of drug-likeness (QED) is 0.810. The van der Waals surface area contributed by atoms with Crippen molar-refractivity contribution in [3.63, 3.8) is 0 Å². The van der Waals surface area contributed by atoms with Crippen LogP contribution in [0.1, 0.15) is 20.7 Å². The molecule has 17 heavy (non-hydrogen) atoms. The number of rotatable bonds is 2. The van der Waals surface area contributed by atoms with Crippen LogP contribution in [0.25, 0.3) is 0 Å². The molecule has 5 heteroatoms. The van der Waals surface area contributed by atoms with Gasteiger partial charge in [-0.1, -0.05) is 11.6 Å². The van der Waals surface area contributed by atoms with E-state index in [0.717, 1.165) is 6.08 Å². The molecule has 1 aromatic carbocycles. The molecule has 1 aliphatic rings. The van der Waals surface area contributed by atoms with E-state index < -0.39 is 5.78 Å². The van der Waals surface area contributed by atoms with Gasteiger partial charge in [0.25, 0.3) is 0 Å². The molecular weight excluding hydrogens is 244 g/mol. The van der Waals surface area contributed by atoms with Crippen molar-refractivity contribution in [3.8, 4) is 11.5 Å². The fourth-order valence-electron chi connectivity index (χ4n) is 1.75. The summed E-state index contributed by atoms with van der Waals surface area (Å²) in [5.41, 5.74) is 0.352. The first-order valence-corrected chi connectivity index (χ1v) is 5.19. The number of ketones is 2. The lowest BCUT2D eigenvalue weighted by Crippen LogP contribution is -2.17. The summed E-state index contributed by atoms with van der Waals surface area (Å²) in [4.78, 5) is 23.8.